The quantitative estimate of drug-likeness (QED) is 0.807. The first-order valence-electron chi connectivity index (χ1n) is 5.59. The Kier molecular flexibility index (Phi) is 4.65. The molecule has 1 aromatic heterocycles. The van der Waals surface area contributed by atoms with E-state index in [0.29, 0.717) is 21.3 Å². The molecule has 0 saturated carbocycles. The molecule has 5 nitrogen and oxygen atoms in total. The van der Waals surface area contributed by atoms with Crippen LogP contribution in [0.1, 0.15) is 16.2 Å². The van der Waals surface area contributed by atoms with Crippen LogP contribution in [0.15, 0.2) is 22.6 Å². The second-order valence-electron chi connectivity index (χ2n) is 3.82. The fourth-order valence-electron chi connectivity index (χ4n) is 1.65. The molecule has 106 valence electrons. The van der Waals surface area contributed by atoms with Crippen molar-refractivity contribution in [1.29, 1.82) is 0 Å². The number of carbonyl (C=O) groups is 1. The summed E-state index contributed by atoms with van der Waals surface area (Å²) in [7, 11) is 2.74. The van der Waals surface area contributed by atoms with E-state index in [9.17, 15) is 4.79 Å². The van der Waals surface area contributed by atoms with E-state index in [0.717, 1.165) is 0 Å². The number of esters is 1. The van der Waals surface area contributed by atoms with Crippen molar-refractivity contribution in [3.05, 3.63) is 39.7 Å². The minimum Gasteiger partial charge on any atom is -0.463 e. The molecule has 0 aliphatic heterocycles. The Labute approximate surface area is 125 Å². The maximum atomic E-state index is 11.6. The van der Waals surface area contributed by atoms with Crippen LogP contribution in [0.25, 0.3) is 11.5 Å². The molecule has 0 bridgehead atoms. The highest BCUT2D eigenvalue weighted by molar-refractivity contribution is 6.38. The van der Waals surface area contributed by atoms with Crippen molar-refractivity contribution in [2.24, 2.45) is 0 Å². The lowest BCUT2D eigenvalue weighted by Crippen LogP contribution is -2.04. The number of hydrogen-bond donors (Lipinski definition) is 0. The molecule has 0 unspecified atom stereocenters. The third-order valence-corrected chi connectivity index (χ3v) is 3.16. The van der Waals surface area contributed by atoms with Gasteiger partial charge in [0.2, 0.25) is 11.7 Å². The minimum atomic E-state index is -0.640. The van der Waals surface area contributed by atoms with Gasteiger partial charge in [-0.05, 0) is 12.1 Å². The first-order valence-corrected chi connectivity index (χ1v) is 6.35. The summed E-state index contributed by atoms with van der Waals surface area (Å²) in [6.45, 7) is 0.107. The maximum absolute atomic E-state index is 11.6. The van der Waals surface area contributed by atoms with Crippen LogP contribution in [0.5, 0.6) is 0 Å². The molecule has 0 aliphatic carbocycles. The molecule has 2 aromatic rings. The van der Waals surface area contributed by atoms with Gasteiger partial charge in [-0.25, -0.2) is 9.78 Å². The van der Waals surface area contributed by atoms with Crippen molar-refractivity contribution in [1.82, 2.24) is 4.98 Å². The van der Waals surface area contributed by atoms with Gasteiger partial charge in [-0.2, -0.15) is 0 Å². The van der Waals surface area contributed by atoms with Gasteiger partial charge in [0.05, 0.1) is 29.3 Å². The summed E-state index contributed by atoms with van der Waals surface area (Å²) in [6.07, 6.45) is 0. The summed E-state index contributed by atoms with van der Waals surface area (Å²) in [6, 6.07) is 5.01. The van der Waals surface area contributed by atoms with Gasteiger partial charge in [0.1, 0.15) is 5.69 Å². The largest absolute Gasteiger partial charge is 0.463 e. The summed E-state index contributed by atoms with van der Waals surface area (Å²) in [5, 5.41) is 0.748. The van der Waals surface area contributed by atoms with Gasteiger partial charge in [0, 0.05) is 7.11 Å². The summed E-state index contributed by atoms with van der Waals surface area (Å²) < 4.78 is 15.0. The van der Waals surface area contributed by atoms with E-state index >= 15 is 0 Å². The molecule has 2 rings (SSSR count). The predicted octanol–water partition coefficient (Wildman–Crippen LogP) is 3.58. The van der Waals surface area contributed by atoms with E-state index in [-0.39, 0.29) is 18.3 Å². The molecular weight excluding hydrogens is 305 g/mol. The number of nitrogens with zero attached hydrogens (tertiary/aromatic N) is 1. The van der Waals surface area contributed by atoms with E-state index in [4.69, 9.17) is 32.4 Å². The van der Waals surface area contributed by atoms with E-state index in [1.165, 1.54) is 14.2 Å². The molecule has 1 aromatic carbocycles. The van der Waals surface area contributed by atoms with Crippen molar-refractivity contribution in [3.8, 4) is 11.5 Å². The van der Waals surface area contributed by atoms with Gasteiger partial charge >= 0.3 is 5.97 Å². The number of carbonyl (C=O) groups excluding carboxylic acids is 1. The molecule has 0 aliphatic rings. The average Bonchev–Trinajstić information content (AvgIpc) is 2.82. The van der Waals surface area contributed by atoms with Gasteiger partial charge < -0.3 is 13.9 Å². The Bertz CT molecular complexity index is 619. The average molecular weight is 316 g/mol. The van der Waals surface area contributed by atoms with Crippen LogP contribution in [0.4, 0.5) is 0 Å². The van der Waals surface area contributed by atoms with Crippen molar-refractivity contribution >= 4 is 29.2 Å². The van der Waals surface area contributed by atoms with Gasteiger partial charge in [-0.3, -0.25) is 0 Å². The monoisotopic (exact) mass is 315 g/mol. The second-order valence-corrected chi connectivity index (χ2v) is 4.63. The lowest BCUT2D eigenvalue weighted by atomic mass is 10.2. The minimum absolute atomic E-state index is 0.0275. The number of hydrogen-bond acceptors (Lipinski definition) is 5. The van der Waals surface area contributed by atoms with Crippen LogP contribution < -0.4 is 0 Å². The molecule has 1 heterocycles. The maximum Gasteiger partial charge on any atom is 0.376 e. The highest BCUT2D eigenvalue weighted by Gasteiger charge is 2.23. The molecule has 7 heteroatoms. The van der Waals surface area contributed by atoms with E-state index in [2.05, 4.69) is 9.72 Å². The Morgan fingerprint density at radius 3 is 2.50 bits per heavy atom. The smallest absolute Gasteiger partial charge is 0.376 e. The number of ether oxygens (including phenoxy) is 2. The summed E-state index contributed by atoms with van der Waals surface area (Å²) in [4.78, 5) is 15.8. The number of aromatic nitrogens is 1. The molecule has 0 saturated heterocycles. The van der Waals surface area contributed by atoms with Crippen LogP contribution in [-0.2, 0) is 16.1 Å². The fraction of sp³-hybridized carbons (Fsp3) is 0.231. The zero-order valence-electron chi connectivity index (χ0n) is 10.8. The van der Waals surface area contributed by atoms with Crippen LogP contribution >= 0.6 is 23.2 Å². The Morgan fingerprint density at radius 1 is 1.30 bits per heavy atom. The Morgan fingerprint density at radius 2 is 1.95 bits per heavy atom. The third kappa shape index (κ3) is 2.80. The number of rotatable bonds is 4. The Hall–Kier alpha value is -1.56. The molecule has 0 radical (unpaired) electrons. The second kappa shape index (κ2) is 6.26. The number of halogens is 2. The van der Waals surface area contributed by atoms with Crippen molar-refractivity contribution in [3.63, 3.8) is 0 Å². The first kappa shape index (κ1) is 14.8. The normalized spacial score (nSPS) is 10.6. The lowest BCUT2D eigenvalue weighted by molar-refractivity contribution is 0.0559. The van der Waals surface area contributed by atoms with Gasteiger partial charge in [0.25, 0.3) is 0 Å². The number of oxazole rings is 1. The van der Waals surface area contributed by atoms with Crippen molar-refractivity contribution < 1.29 is 18.7 Å². The molecule has 0 atom stereocenters. The van der Waals surface area contributed by atoms with Gasteiger partial charge in [0.15, 0.2) is 0 Å². The molecule has 0 spiro atoms. The van der Waals surface area contributed by atoms with Crippen LogP contribution in [0, 0.1) is 0 Å². The Balaban J connectivity index is 2.56. The third-order valence-electron chi connectivity index (χ3n) is 2.53. The van der Waals surface area contributed by atoms with Crippen LogP contribution in [0.2, 0.25) is 10.0 Å². The fourth-order valence-corrected chi connectivity index (χ4v) is 2.21. The van der Waals surface area contributed by atoms with E-state index < -0.39 is 5.97 Å². The van der Waals surface area contributed by atoms with Gasteiger partial charge in [-0.1, -0.05) is 29.3 Å². The predicted molar refractivity (Wildman–Crippen MR) is 74.0 cm³/mol. The molecule has 0 amide bonds. The molecule has 20 heavy (non-hydrogen) atoms. The first-order chi connectivity index (χ1) is 9.58. The van der Waals surface area contributed by atoms with E-state index in [1.54, 1.807) is 18.2 Å². The summed E-state index contributed by atoms with van der Waals surface area (Å²) in [5.74, 6) is -0.521. The molecular formula is C13H11Cl2NO4. The van der Waals surface area contributed by atoms with Crippen LogP contribution in [-0.4, -0.2) is 25.2 Å². The number of benzene rings is 1. The topological polar surface area (TPSA) is 61.6 Å². The zero-order valence-corrected chi connectivity index (χ0v) is 12.3. The zero-order chi connectivity index (χ0) is 14.7. The van der Waals surface area contributed by atoms with Gasteiger partial charge in [-0.15, -0.1) is 0 Å². The molecule has 0 fully saturated rings. The standard InChI is InChI=1S/C13H11Cl2NO4/c1-18-6-9-11(13(17)19-2)20-12(16-9)10-7(14)4-3-5-8(10)15/h3-5H,6H2,1-2H3. The highest BCUT2D eigenvalue weighted by atomic mass is 35.5. The number of methoxy groups -OCH3 is 2. The van der Waals surface area contributed by atoms with Crippen molar-refractivity contribution in [2.75, 3.05) is 14.2 Å². The van der Waals surface area contributed by atoms with Crippen molar-refractivity contribution in [2.45, 2.75) is 6.61 Å². The summed E-state index contributed by atoms with van der Waals surface area (Å²) >= 11 is 12.2. The van der Waals surface area contributed by atoms with E-state index in [1.807, 2.05) is 0 Å². The lowest BCUT2D eigenvalue weighted by Gasteiger charge is -2.01. The SMILES string of the molecule is COCc1nc(-c2c(Cl)cccc2Cl)oc1C(=O)OC. The summed E-state index contributed by atoms with van der Waals surface area (Å²) in [5.41, 5.74) is 0.744. The van der Waals surface area contributed by atoms with Crippen LogP contribution in [0.3, 0.4) is 0 Å². The molecule has 0 N–H and O–H groups in total. The highest BCUT2D eigenvalue weighted by Crippen LogP contribution is 2.35.